The molecule has 174 valence electrons. The summed E-state index contributed by atoms with van der Waals surface area (Å²) < 4.78 is 1.02. The monoisotopic (exact) mass is 537 g/mol. The molecule has 5 rings (SSSR count). The van der Waals surface area contributed by atoms with E-state index in [4.69, 9.17) is 0 Å². The first kappa shape index (κ1) is 22.9. The smallest absolute Gasteiger partial charge is 0.326 e. The highest BCUT2D eigenvalue weighted by molar-refractivity contribution is 9.10. The van der Waals surface area contributed by atoms with Gasteiger partial charge in [0.15, 0.2) is 0 Å². The molecule has 34 heavy (non-hydrogen) atoms. The highest BCUT2D eigenvalue weighted by atomic mass is 79.9. The van der Waals surface area contributed by atoms with Crippen molar-refractivity contribution in [1.29, 1.82) is 0 Å². The maximum Gasteiger partial charge on any atom is 0.326 e. The molecule has 0 radical (unpaired) electrons. The molecular weight excluding hydrogens is 514 g/mol. The van der Waals surface area contributed by atoms with Gasteiger partial charge in [-0.15, -0.1) is 0 Å². The van der Waals surface area contributed by atoms with Gasteiger partial charge in [-0.05, 0) is 53.6 Å². The van der Waals surface area contributed by atoms with Crippen LogP contribution in [0.1, 0.15) is 29.0 Å². The van der Waals surface area contributed by atoms with Gasteiger partial charge < -0.3 is 15.4 Å². The second-order valence-electron chi connectivity index (χ2n) is 8.76. The number of aromatic nitrogens is 2. The predicted molar refractivity (Wildman–Crippen MR) is 139 cm³/mol. The van der Waals surface area contributed by atoms with Gasteiger partial charge in [-0.2, -0.15) is 12.6 Å². The molecule has 0 bridgehead atoms. The van der Waals surface area contributed by atoms with Crippen LogP contribution in [-0.4, -0.2) is 38.7 Å². The molecule has 0 spiro atoms. The molecule has 0 saturated carbocycles. The molecule has 4 aromatic rings. The second kappa shape index (κ2) is 9.43. The maximum absolute atomic E-state index is 13.3. The normalized spacial score (nSPS) is 16.9. The van der Waals surface area contributed by atoms with Crippen LogP contribution in [-0.2, 0) is 22.4 Å². The molecule has 1 aliphatic carbocycles. The van der Waals surface area contributed by atoms with Crippen LogP contribution in [0.25, 0.3) is 21.8 Å². The molecule has 6 nitrogen and oxygen atoms in total. The number of aliphatic carboxylic acids is 1. The fourth-order valence-corrected chi connectivity index (χ4v) is 5.91. The summed E-state index contributed by atoms with van der Waals surface area (Å²) in [5.41, 5.74) is 4.88. The highest BCUT2D eigenvalue weighted by Crippen LogP contribution is 2.40. The Morgan fingerprint density at radius 2 is 2.12 bits per heavy atom. The summed E-state index contributed by atoms with van der Waals surface area (Å²) in [6, 6.07) is 12.9. The number of halogens is 1. The van der Waals surface area contributed by atoms with Crippen LogP contribution in [0.15, 0.2) is 59.3 Å². The Hall–Kier alpha value is -2.84. The van der Waals surface area contributed by atoms with E-state index in [1.807, 2.05) is 36.5 Å². The molecular formula is C26H24BrN3O3S. The minimum atomic E-state index is -1.07. The van der Waals surface area contributed by atoms with Gasteiger partial charge in [0, 0.05) is 39.8 Å². The third-order valence-electron chi connectivity index (χ3n) is 6.79. The summed E-state index contributed by atoms with van der Waals surface area (Å²) in [7, 11) is 0. The summed E-state index contributed by atoms with van der Waals surface area (Å²) >= 11 is 7.97. The van der Waals surface area contributed by atoms with E-state index in [2.05, 4.69) is 56.0 Å². The molecule has 0 saturated heterocycles. The summed E-state index contributed by atoms with van der Waals surface area (Å²) in [5.74, 6) is -1.37. The summed E-state index contributed by atoms with van der Waals surface area (Å²) in [6.45, 7) is 0. The lowest BCUT2D eigenvalue weighted by molar-refractivity contribution is -0.142. The number of amides is 1. The first-order valence-electron chi connectivity index (χ1n) is 11.2. The van der Waals surface area contributed by atoms with E-state index in [-0.39, 0.29) is 18.2 Å². The zero-order chi connectivity index (χ0) is 23.8. The highest BCUT2D eigenvalue weighted by Gasteiger charge is 2.35. The lowest BCUT2D eigenvalue weighted by atomic mass is 9.87. The van der Waals surface area contributed by atoms with Crippen LogP contribution in [0.2, 0.25) is 0 Å². The number of nitrogens with one attached hydrogen (secondary N) is 2. The average molecular weight is 538 g/mol. The van der Waals surface area contributed by atoms with Gasteiger partial charge in [-0.25, -0.2) is 4.79 Å². The second-order valence-corrected chi connectivity index (χ2v) is 10.0. The van der Waals surface area contributed by atoms with Crippen LogP contribution < -0.4 is 5.32 Å². The van der Waals surface area contributed by atoms with E-state index in [9.17, 15) is 14.7 Å². The number of rotatable bonds is 7. The van der Waals surface area contributed by atoms with Crippen molar-refractivity contribution >= 4 is 62.2 Å². The fraction of sp³-hybridized carbons (Fsp3) is 0.269. The van der Waals surface area contributed by atoms with E-state index in [0.717, 1.165) is 50.2 Å². The number of aromatic amines is 1. The largest absolute Gasteiger partial charge is 0.480 e. The van der Waals surface area contributed by atoms with Crippen LogP contribution in [0.4, 0.5) is 0 Å². The number of benzene rings is 2. The number of thiol groups is 1. The van der Waals surface area contributed by atoms with Gasteiger partial charge in [0.05, 0.1) is 17.0 Å². The van der Waals surface area contributed by atoms with E-state index in [0.29, 0.717) is 5.75 Å². The van der Waals surface area contributed by atoms with E-state index >= 15 is 0 Å². The van der Waals surface area contributed by atoms with E-state index < -0.39 is 17.9 Å². The minimum Gasteiger partial charge on any atom is -0.480 e. The number of carbonyl (C=O) groups excluding carboxylic acids is 1. The van der Waals surface area contributed by atoms with Crippen molar-refractivity contribution in [3.63, 3.8) is 0 Å². The van der Waals surface area contributed by atoms with Crippen molar-refractivity contribution in [1.82, 2.24) is 15.3 Å². The molecule has 0 aliphatic heterocycles. The van der Waals surface area contributed by atoms with Gasteiger partial charge in [-0.3, -0.25) is 9.78 Å². The van der Waals surface area contributed by atoms with Crippen molar-refractivity contribution in [3.05, 3.63) is 76.0 Å². The van der Waals surface area contributed by atoms with Crippen molar-refractivity contribution < 1.29 is 14.7 Å². The van der Waals surface area contributed by atoms with E-state index in [1.165, 1.54) is 5.56 Å². The number of H-pyrrole nitrogens is 1. The first-order chi connectivity index (χ1) is 16.5. The molecule has 3 atom stereocenters. The Morgan fingerprint density at radius 1 is 1.26 bits per heavy atom. The average Bonchev–Trinajstić information content (AvgIpc) is 3.43. The van der Waals surface area contributed by atoms with Crippen molar-refractivity contribution in [2.75, 3.05) is 5.75 Å². The number of pyridine rings is 1. The molecule has 0 fully saturated rings. The lowest BCUT2D eigenvalue weighted by Crippen LogP contribution is -2.46. The van der Waals surface area contributed by atoms with Crippen LogP contribution >= 0.6 is 28.6 Å². The molecule has 2 heterocycles. The van der Waals surface area contributed by atoms with Gasteiger partial charge in [-0.1, -0.05) is 40.2 Å². The quantitative estimate of drug-likeness (QED) is 0.253. The Balaban J connectivity index is 1.37. The fourth-order valence-electron chi connectivity index (χ4n) is 5.08. The molecule has 2 aromatic heterocycles. The Morgan fingerprint density at radius 3 is 2.91 bits per heavy atom. The number of aryl methyl sites for hydroxylation is 1. The van der Waals surface area contributed by atoms with Crippen LogP contribution in [0, 0.1) is 5.92 Å². The third-order valence-corrected chi connectivity index (χ3v) is 7.68. The van der Waals surface area contributed by atoms with E-state index in [1.54, 1.807) is 6.20 Å². The Labute approximate surface area is 210 Å². The van der Waals surface area contributed by atoms with Gasteiger partial charge in [0.25, 0.3) is 0 Å². The number of nitrogens with zero attached hydrogens (tertiary/aromatic N) is 1. The first-order valence-corrected chi connectivity index (χ1v) is 12.6. The Kier molecular flexibility index (Phi) is 6.36. The number of carboxylic acids is 1. The predicted octanol–water partition coefficient (Wildman–Crippen LogP) is 4.87. The van der Waals surface area contributed by atoms with Crippen molar-refractivity contribution in [2.45, 2.75) is 31.2 Å². The number of carbonyl (C=O) groups is 2. The SMILES string of the molecule is O=C(O)C(Cc1cnc2c1ccc1ccc[nH]c12)NC(=O)C(CS)C1CCc2cc(Br)ccc21. The van der Waals surface area contributed by atoms with Crippen LogP contribution in [0.3, 0.4) is 0 Å². The molecule has 8 heteroatoms. The molecule has 3 N–H and O–H groups in total. The lowest BCUT2D eigenvalue weighted by Gasteiger charge is -2.24. The summed E-state index contributed by atoms with van der Waals surface area (Å²) in [6.07, 6.45) is 5.45. The maximum atomic E-state index is 13.3. The summed E-state index contributed by atoms with van der Waals surface area (Å²) in [5, 5.41) is 14.6. The number of hydrogen-bond donors (Lipinski definition) is 4. The van der Waals surface area contributed by atoms with Gasteiger partial charge >= 0.3 is 5.97 Å². The van der Waals surface area contributed by atoms with Crippen molar-refractivity contribution in [3.8, 4) is 0 Å². The van der Waals surface area contributed by atoms with Crippen LogP contribution in [0.5, 0.6) is 0 Å². The topological polar surface area (TPSA) is 95.1 Å². The summed E-state index contributed by atoms with van der Waals surface area (Å²) in [4.78, 5) is 33.1. The number of hydrogen-bond acceptors (Lipinski definition) is 4. The Bertz CT molecular complexity index is 1400. The minimum absolute atomic E-state index is 0.0263. The van der Waals surface area contributed by atoms with Gasteiger partial charge in [0.1, 0.15) is 6.04 Å². The zero-order valence-corrected chi connectivity index (χ0v) is 20.8. The van der Waals surface area contributed by atoms with Gasteiger partial charge in [0.2, 0.25) is 5.91 Å². The number of fused-ring (bicyclic) bond motifs is 4. The molecule has 3 unspecified atom stereocenters. The molecule has 2 aromatic carbocycles. The molecule has 1 amide bonds. The third kappa shape index (κ3) is 4.20. The number of carboxylic acid groups (broad SMARTS) is 1. The molecule has 1 aliphatic rings. The zero-order valence-electron chi connectivity index (χ0n) is 18.3. The standard InChI is InChI=1S/C26H24BrN3O3S/c27-17-5-8-18-15(10-17)4-7-20(18)21(13-34)25(31)30-22(26(32)33)11-16-12-29-24-19(16)6-3-14-2-1-9-28-23(14)24/h1-3,5-6,8-10,12,20-22,28,34H,4,7,11,13H2,(H,30,31)(H,32,33). The van der Waals surface area contributed by atoms with Crippen molar-refractivity contribution in [2.24, 2.45) is 5.92 Å².